The van der Waals surface area contributed by atoms with Gasteiger partial charge in [0.15, 0.2) is 0 Å². The monoisotopic (exact) mass is 282 g/mol. The van der Waals surface area contributed by atoms with E-state index in [2.05, 4.69) is 6.92 Å². The van der Waals surface area contributed by atoms with E-state index in [1.54, 1.807) is 0 Å². The maximum Gasteiger partial charge on any atom is 0.311 e. The topological polar surface area (TPSA) is 74.6 Å². The van der Waals surface area contributed by atoms with Gasteiger partial charge in [0.25, 0.3) is 0 Å². The molecule has 114 valence electrons. The summed E-state index contributed by atoms with van der Waals surface area (Å²) >= 11 is 0. The van der Waals surface area contributed by atoms with E-state index < -0.39 is 22.8 Å². The average molecular weight is 282 g/mol. The number of aliphatic carboxylic acids is 2. The molecule has 2 aliphatic rings. The molecule has 0 saturated heterocycles. The Morgan fingerprint density at radius 3 is 2.15 bits per heavy atom. The van der Waals surface area contributed by atoms with Gasteiger partial charge in [-0.05, 0) is 37.5 Å². The molecule has 4 atom stereocenters. The molecule has 0 radical (unpaired) electrons. The summed E-state index contributed by atoms with van der Waals surface area (Å²) < 4.78 is 0. The Morgan fingerprint density at radius 1 is 0.950 bits per heavy atom. The van der Waals surface area contributed by atoms with E-state index in [4.69, 9.17) is 0 Å². The van der Waals surface area contributed by atoms with Crippen LogP contribution in [0.5, 0.6) is 0 Å². The highest BCUT2D eigenvalue weighted by molar-refractivity contribution is 5.87. The van der Waals surface area contributed by atoms with Crippen molar-refractivity contribution in [2.24, 2.45) is 22.7 Å². The van der Waals surface area contributed by atoms with E-state index in [1.807, 2.05) is 6.92 Å². The lowest BCUT2D eigenvalue weighted by atomic mass is 9.48. The van der Waals surface area contributed by atoms with Gasteiger partial charge >= 0.3 is 11.9 Å². The van der Waals surface area contributed by atoms with Gasteiger partial charge < -0.3 is 10.2 Å². The number of hydrogen-bond acceptors (Lipinski definition) is 2. The zero-order chi connectivity index (χ0) is 15.0. The Kier molecular flexibility index (Phi) is 4.12. The minimum atomic E-state index is -1.08. The van der Waals surface area contributed by atoms with Crippen molar-refractivity contribution in [3.63, 3.8) is 0 Å². The van der Waals surface area contributed by atoms with Crippen LogP contribution in [0.4, 0.5) is 0 Å². The highest BCUT2D eigenvalue weighted by Crippen LogP contribution is 2.60. The van der Waals surface area contributed by atoms with Crippen molar-refractivity contribution in [1.82, 2.24) is 0 Å². The molecule has 0 aromatic carbocycles. The molecule has 0 aliphatic heterocycles. The lowest BCUT2D eigenvalue weighted by molar-refractivity contribution is -0.190. The fraction of sp³-hybridized carbons (Fsp3) is 0.875. The van der Waals surface area contributed by atoms with Gasteiger partial charge in [-0.15, -0.1) is 0 Å². The first-order valence-corrected chi connectivity index (χ1v) is 7.83. The van der Waals surface area contributed by atoms with E-state index in [1.165, 1.54) is 0 Å². The van der Waals surface area contributed by atoms with Gasteiger partial charge in [-0.1, -0.05) is 39.5 Å². The first-order chi connectivity index (χ1) is 9.37. The molecule has 2 N–H and O–H groups in total. The lowest BCUT2D eigenvalue weighted by Gasteiger charge is -2.53. The Bertz CT molecular complexity index is 405. The van der Waals surface area contributed by atoms with Crippen molar-refractivity contribution >= 4 is 11.9 Å². The second-order valence-electron chi connectivity index (χ2n) is 7.01. The molecular formula is C16H26O4. The lowest BCUT2D eigenvalue weighted by Crippen LogP contribution is -2.58. The SMILES string of the molecule is CC1CCCC(C(=O)O)(C2(C(=O)O)CCCCC2C)C1. The van der Waals surface area contributed by atoms with E-state index in [9.17, 15) is 19.8 Å². The van der Waals surface area contributed by atoms with E-state index in [-0.39, 0.29) is 5.92 Å². The molecule has 20 heavy (non-hydrogen) atoms. The predicted molar refractivity (Wildman–Crippen MR) is 75.4 cm³/mol. The highest BCUT2D eigenvalue weighted by Gasteiger charge is 2.64. The standard InChI is InChI=1S/C16H26O4/c1-11-6-5-8-15(10-11,13(17)18)16(14(19)20)9-4-3-7-12(16)2/h11-12H,3-10H2,1-2H3,(H,17,18)(H,19,20). The molecule has 0 spiro atoms. The quantitative estimate of drug-likeness (QED) is 0.830. The van der Waals surface area contributed by atoms with E-state index in [0.29, 0.717) is 25.2 Å². The van der Waals surface area contributed by atoms with Gasteiger partial charge in [0.05, 0.1) is 10.8 Å². The maximum atomic E-state index is 12.1. The molecule has 0 aromatic heterocycles. The van der Waals surface area contributed by atoms with Crippen molar-refractivity contribution in [3.8, 4) is 0 Å². The second-order valence-corrected chi connectivity index (χ2v) is 7.01. The van der Waals surface area contributed by atoms with Crippen molar-refractivity contribution in [1.29, 1.82) is 0 Å². The summed E-state index contributed by atoms with van der Waals surface area (Å²) in [6, 6.07) is 0. The summed E-state index contributed by atoms with van der Waals surface area (Å²) in [4.78, 5) is 24.3. The Morgan fingerprint density at radius 2 is 1.65 bits per heavy atom. The summed E-state index contributed by atoms with van der Waals surface area (Å²) in [6.07, 6.45) is 6.07. The van der Waals surface area contributed by atoms with Crippen LogP contribution in [-0.4, -0.2) is 22.2 Å². The van der Waals surface area contributed by atoms with Crippen molar-refractivity contribution in [2.75, 3.05) is 0 Å². The van der Waals surface area contributed by atoms with Gasteiger partial charge in [-0.25, -0.2) is 0 Å². The summed E-state index contributed by atoms with van der Waals surface area (Å²) in [7, 11) is 0. The highest BCUT2D eigenvalue weighted by atomic mass is 16.4. The maximum absolute atomic E-state index is 12.1. The predicted octanol–water partition coefficient (Wildman–Crippen LogP) is 3.55. The molecule has 2 rings (SSSR count). The summed E-state index contributed by atoms with van der Waals surface area (Å²) in [5.74, 6) is -1.54. The van der Waals surface area contributed by atoms with Crippen LogP contribution in [0.25, 0.3) is 0 Å². The summed E-state index contributed by atoms with van der Waals surface area (Å²) in [5, 5.41) is 19.9. The van der Waals surface area contributed by atoms with Crippen LogP contribution in [0.2, 0.25) is 0 Å². The first kappa shape index (κ1) is 15.3. The molecule has 0 amide bonds. The third-order valence-electron chi connectivity index (χ3n) is 5.94. The van der Waals surface area contributed by atoms with Crippen LogP contribution in [0.3, 0.4) is 0 Å². The van der Waals surface area contributed by atoms with Gasteiger partial charge in [0.2, 0.25) is 0 Å². The number of carbonyl (C=O) groups is 2. The van der Waals surface area contributed by atoms with Crippen LogP contribution in [0, 0.1) is 22.7 Å². The molecule has 4 nitrogen and oxygen atoms in total. The third-order valence-corrected chi connectivity index (χ3v) is 5.94. The van der Waals surface area contributed by atoms with E-state index in [0.717, 1.165) is 32.1 Å². The Hall–Kier alpha value is -1.06. The summed E-state index contributed by atoms with van der Waals surface area (Å²) in [5.41, 5.74) is -2.15. The molecule has 0 aromatic rings. The zero-order valence-corrected chi connectivity index (χ0v) is 12.5. The van der Waals surface area contributed by atoms with Crippen molar-refractivity contribution < 1.29 is 19.8 Å². The molecular weight excluding hydrogens is 256 g/mol. The molecule has 2 fully saturated rings. The molecule has 0 heterocycles. The Labute approximate surface area is 120 Å². The van der Waals surface area contributed by atoms with Gasteiger partial charge in [-0.2, -0.15) is 0 Å². The van der Waals surface area contributed by atoms with Crippen LogP contribution in [-0.2, 0) is 9.59 Å². The first-order valence-electron chi connectivity index (χ1n) is 7.83. The minimum absolute atomic E-state index is 0.0600. The largest absolute Gasteiger partial charge is 0.481 e. The molecule has 0 bridgehead atoms. The minimum Gasteiger partial charge on any atom is -0.481 e. The smallest absolute Gasteiger partial charge is 0.311 e. The number of hydrogen-bond donors (Lipinski definition) is 2. The van der Waals surface area contributed by atoms with Crippen LogP contribution < -0.4 is 0 Å². The normalized spacial score (nSPS) is 42.1. The second kappa shape index (κ2) is 5.38. The van der Waals surface area contributed by atoms with Crippen LogP contribution >= 0.6 is 0 Å². The van der Waals surface area contributed by atoms with Crippen molar-refractivity contribution in [3.05, 3.63) is 0 Å². The third kappa shape index (κ3) is 2.04. The number of rotatable bonds is 3. The zero-order valence-electron chi connectivity index (χ0n) is 12.5. The Balaban J connectivity index is 2.53. The molecule has 4 unspecified atom stereocenters. The average Bonchev–Trinajstić information content (AvgIpc) is 2.38. The number of carboxylic acid groups (broad SMARTS) is 2. The molecule has 2 aliphatic carbocycles. The number of carboxylic acids is 2. The molecule has 4 heteroatoms. The molecule has 2 saturated carbocycles. The van der Waals surface area contributed by atoms with Crippen molar-refractivity contribution in [2.45, 2.75) is 65.2 Å². The summed E-state index contributed by atoms with van der Waals surface area (Å²) in [6.45, 7) is 4.00. The van der Waals surface area contributed by atoms with Crippen LogP contribution in [0.1, 0.15) is 65.2 Å². The van der Waals surface area contributed by atoms with Gasteiger partial charge in [0, 0.05) is 0 Å². The van der Waals surface area contributed by atoms with E-state index >= 15 is 0 Å². The van der Waals surface area contributed by atoms with Crippen LogP contribution in [0.15, 0.2) is 0 Å². The fourth-order valence-electron chi connectivity index (χ4n) is 4.92. The fourth-order valence-corrected chi connectivity index (χ4v) is 4.92. The van der Waals surface area contributed by atoms with Gasteiger partial charge in [0.1, 0.15) is 0 Å². The van der Waals surface area contributed by atoms with Gasteiger partial charge in [-0.3, -0.25) is 9.59 Å².